The Morgan fingerprint density at radius 3 is 2.64 bits per heavy atom. The molecule has 0 aliphatic carbocycles. The molecular formula is C24H20ClF4N3O7. The van der Waals surface area contributed by atoms with E-state index < -0.39 is 40.6 Å². The molecule has 15 heteroatoms. The minimum atomic E-state index is -5.00. The standard InChI is InChI=1S/C24H20ClF4N3O7/c1-12(33)38-39-22-21(14(3-5-30-22)7-13-4-6-36-11-13)37-18-9-17(16(26)8-15(18)25)32-20(34)10-19(24(27,28)29)31(2)23(32)35/h3,5,8-10,13H,4,6-7,11H2,1-2H3. The number of pyridine rings is 1. The summed E-state index contributed by atoms with van der Waals surface area (Å²) < 4.78 is 66.3. The van der Waals surface area contributed by atoms with Crippen LogP contribution in [0, 0.1) is 11.7 Å². The Morgan fingerprint density at radius 2 is 2.00 bits per heavy atom. The number of alkyl halides is 3. The van der Waals surface area contributed by atoms with Crippen molar-refractivity contribution < 1.29 is 41.6 Å². The van der Waals surface area contributed by atoms with Crippen LogP contribution in [0.4, 0.5) is 17.6 Å². The number of carbonyl (C=O) groups is 1. The Kier molecular flexibility index (Phi) is 7.97. The van der Waals surface area contributed by atoms with Gasteiger partial charge in [0.25, 0.3) is 5.56 Å². The summed E-state index contributed by atoms with van der Waals surface area (Å²) in [5.74, 6) is -2.53. The molecule has 1 unspecified atom stereocenters. The fraction of sp³-hybridized carbons (Fsp3) is 0.333. The molecule has 4 rings (SSSR count). The molecule has 1 saturated heterocycles. The summed E-state index contributed by atoms with van der Waals surface area (Å²) >= 11 is 6.19. The van der Waals surface area contributed by atoms with Crippen LogP contribution in [0.5, 0.6) is 17.4 Å². The Labute approximate surface area is 222 Å². The third-order valence-electron chi connectivity index (χ3n) is 5.79. The van der Waals surface area contributed by atoms with E-state index in [0.29, 0.717) is 25.2 Å². The van der Waals surface area contributed by atoms with Gasteiger partial charge in [-0.1, -0.05) is 11.6 Å². The first-order valence-electron chi connectivity index (χ1n) is 11.3. The van der Waals surface area contributed by atoms with Crippen LogP contribution in [0.3, 0.4) is 0 Å². The molecule has 0 radical (unpaired) electrons. The van der Waals surface area contributed by atoms with E-state index in [1.165, 1.54) is 6.20 Å². The SMILES string of the molecule is CC(=O)OOc1nccc(CC2CCOC2)c1Oc1cc(-n2c(=O)cc(C(F)(F)F)n(C)c2=O)c(F)cc1Cl. The first-order chi connectivity index (χ1) is 18.4. The second kappa shape index (κ2) is 11.1. The topological polar surface area (TPSA) is 111 Å². The van der Waals surface area contributed by atoms with Gasteiger partial charge in [0.05, 0.1) is 10.7 Å². The normalized spacial score (nSPS) is 15.3. The molecule has 0 bridgehead atoms. The maximum Gasteiger partial charge on any atom is 0.431 e. The van der Waals surface area contributed by atoms with E-state index in [1.54, 1.807) is 6.07 Å². The smallest absolute Gasteiger partial charge is 0.431 e. The largest absolute Gasteiger partial charge is 0.450 e. The minimum absolute atomic E-state index is 0.0715. The highest BCUT2D eigenvalue weighted by molar-refractivity contribution is 6.32. The Hall–Kier alpha value is -3.91. The molecule has 3 heterocycles. The summed E-state index contributed by atoms with van der Waals surface area (Å²) in [6.45, 7) is 2.13. The highest BCUT2D eigenvalue weighted by Crippen LogP contribution is 2.39. The van der Waals surface area contributed by atoms with E-state index in [2.05, 4.69) is 9.87 Å². The molecule has 1 fully saturated rings. The van der Waals surface area contributed by atoms with Crippen LogP contribution in [0.1, 0.15) is 24.6 Å². The van der Waals surface area contributed by atoms with Crippen molar-refractivity contribution in [2.45, 2.75) is 25.9 Å². The molecular weight excluding hydrogens is 554 g/mol. The van der Waals surface area contributed by atoms with Crippen molar-refractivity contribution in [1.29, 1.82) is 0 Å². The summed E-state index contributed by atoms with van der Waals surface area (Å²) in [6, 6.07) is 3.37. The van der Waals surface area contributed by atoms with Crippen LogP contribution in [0.2, 0.25) is 5.02 Å². The van der Waals surface area contributed by atoms with Crippen molar-refractivity contribution in [3.05, 3.63) is 73.4 Å². The van der Waals surface area contributed by atoms with Crippen LogP contribution in [-0.4, -0.2) is 33.3 Å². The zero-order chi connectivity index (χ0) is 28.5. The predicted octanol–water partition coefficient (Wildman–Crippen LogP) is 3.97. The second-order valence-electron chi connectivity index (χ2n) is 8.58. The molecule has 3 aromatic rings. The average molecular weight is 574 g/mol. The molecule has 2 aromatic heterocycles. The molecule has 1 aliphatic rings. The van der Waals surface area contributed by atoms with Crippen molar-refractivity contribution >= 4 is 17.6 Å². The highest BCUT2D eigenvalue weighted by Gasteiger charge is 2.35. The summed E-state index contributed by atoms with van der Waals surface area (Å²) in [7, 11) is 0.791. The van der Waals surface area contributed by atoms with Crippen LogP contribution in [-0.2, 0) is 34.1 Å². The fourth-order valence-corrected chi connectivity index (χ4v) is 4.14. The lowest BCUT2D eigenvalue weighted by molar-refractivity contribution is -0.212. The molecule has 0 N–H and O–H groups in total. The van der Waals surface area contributed by atoms with E-state index in [4.69, 9.17) is 26.0 Å². The zero-order valence-electron chi connectivity index (χ0n) is 20.4. The van der Waals surface area contributed by atoms with Gasteiger partial charge in [-0.25, -0.2) is 28.4 Å². The zero-order valence-corrected chi connectivity index (χ0v) is 21.1. The number of hydrogen-bond donors (Lipinski definition) is 0. The lowest BCUT2D eigenvalue weighted by Gasteiger charge is -2.18. The third kappa shape index (κ3) is 6.06. The lowest BCUT2D eigenvalue weighted by atomic mass is 9.99. The monoisotopic (exact) mass is 573 g/mol. The lowest BCUT2D eigenvalue weighted by Crippen LogP contribution is -2.41. The molecule has 10 nitrogen and oxygen atoms in total. The number of halogens is 5. The van der Waals surface area contributed by atoms with Gasteiger partial charge in [0.15, 0.2) is 5.75 Å². The number of rotatable bonds is 7. The molecule has 0 amide bonds. The number of aromatic nitrogens is 3. The molecule has 1 atom stereocenters. The summed E-state index contributed by atoms with van der Waals surface area (Å²) in [5, 5.41) is -0.314. The van der Waals surface area contributed by atoms with E-state index in [1.807, 2.05) is 0 Å². The second-order valence-corrected chi connectivity index (χ2v) is 8.98. The van der Waals surface area contributed by atoms with Gasteiger partial charge in [0.1, 0.15) is 17.3 Å². The highest BCUT2D eigenvalue weighted by atomic mass is 35.5. The van der Waals surface area contributed by atoms with Crippen molar-refractivity contribution in [3.63, 3.8) is 0 Å². The van der Waals surface area contributed by atoms with Gasteiger partial charge < -0.3 is 9.47 Å². The predicted molar refractivity (Wildman–Crippen MR) is 127 cm³/mol. The molecule has 39 heavy (non-hydrogen) atoms. The van der Waals surface area contributed by atoms with Crippen LogP contribution in [0.15, 0.2) is 40.1 Å². The third-order valence-corrected chi connectivity index (χ3v) is 6.08. The van der Waals surface area contributed by atoms with Gasteiger partial charge in [-0.2, -0.15) is 13.2 Å². The minimum Gasteiger partial charge on any atom is -0.450 e. The van der Waals surface area contributed by atoms with E-state index >= 15 is 0 Å². The summed E-state index contributed by atoms with van der Waals surface area (Å²) in [4.78, 5) is 50.1. The van der Waals surface area contributed by atoms with Crippen LogP contribution >= 0.6 is 11.6 Å². The van der Waals surface area contributed by atoms with Gasteiger partial charge in [0, 0.05) is 51.1 Å². The van der Waals surface area contributed by atoms with Gasteiger partial charge in [0.2, 0.25) is 0 Å². The first-order valence-corrected chi connectivity index (χ1v) is 11.7. The first kappa shape index (κ1) is 28.1. The number of ether oxygens (including phenoxy) is 2. The number of nitrogens with zero attached hydrogens (tertiary/aromatic N) is 3. The van der Waals surface area contributed by atoms with Crippen LogP contribution < -0.4 is 20.9 Å². The summed E-state index contributed by atoms with van der Waals surface area (Å²) in [6.07, 6.45) is -2.46. The Balaban J connectivity index is 1.82. The number of hydrogen-bond acceptors (Lipinski definition) is 8. The molecule has 1 aromatic carbocycles. The van der Waals surface area contributed by atoms with Crippen molar-refractivity contribution in [2.75, 3.05) is 13.2 Å². The van der Waals surface area contributed by atoms with E-state index in [9.17, 15) is 31.9 Å². The van der Waals surface area contributed by atoms with Gasteiger partial charge in [-0.3, -0.25) is 14.2 Å². The van der Waals surface area contributed by atoms with Gasteiger partial charge in [-0.15, -0.1) is 0 Å². The van der Waals surface area contributed by atoms with Gasteiger partial charge >= 0.3 is 23.7 Å². The fourth-order valence-electron chi connectivity index (χ4n) is 3.95. The van der Waals surface area contributed by atoms with Crippen molar-refractivity contribution in [1.82, 2.24) is 14.1 Å². The maximum atomic E-state index is 14.9. The Morgan fingerprint density at radius 1 is 1.26 bits per heavy atom. The quantitative estimate of drug-likeness (QED) is 0.237. The number of benzene rings is 1. The molecule has 1 aliphatic heterocycles. The molecule has 208 valence electrons. The number of carbonyl (C=O) groups excluding carboxylic acids is 1. The average Bonchev–Trinajstić information content (AvgIpc) is 3.36. The summed E-state index contributed by atoms with van der Waals surface area (Å²) in [5.41, 5.74) is -4.59. The maximum absolute atomic E-state index is 14.9. The van der Waals surface area contributed by atoms with Crippen molar-refractivity contribution in [3.8, 4) is 23.1 Å². The van der Waals surface area contributed by atoms with E-state index in [-0.39, 0.29) is 43.5 Å². The molecule has 0 spiro atoms. The Bertz CT molecular complexity index is 1530. The molecule has 0 saturated carbocycles. The van der Waals surface area contributed by atoms with E-state index in [0.717, 1.165) is 32.5 Å². The van der Waals surface area contributed by atoms with Crippen molar-refractivity contribution in [2.24, 2.45) is 13.0 Å². The van der Waals surface area contributed by atoms with Gasteiger partial charge in [-0.05, 0) is 30.9 Å². The van der Waals surface area contributed by atoms with Crippen LogP contribution in [0.25, 0.3) is 5.69 Å².